The molecule has 0 spiro atoms. The van der Waals surface area contributed by atoms with Crippen LogP contribution in [-0.2, 0) is 0 Å². The van der Waals surface area contributed by atoms with E-state index < -0.39 is 0 Å². The zero-order valence-corrected chi connectivity index (χ0v) is 9.13. The summed E-state index contributed by atoms with van der Waals surface area (Å²) in [5.41, 5.74) is 0. The van der Waals surface area contributed by atoms with Gasteiger partial charge in [0.05, 0.1) is 6.10 Å². The van der Waals surface area contributed by atoms with Gasteiger partial charge in [-0.05, 0) is 37.5 Å². The maximum atomic E-state index is 9.34. The third-order valence-corrected chi connectivity index (χ3v) is 3.21. The van der Waals surface area contributed by atoms with Gasteiger partial charge in [0.15, 0.2) is 0 Å². The minimum absolute atomic E-state index is 0.0151. The lowest BCUT2D eigenvalue weighted by Crippen LogP contribution is -2.18. The predicted octanol–water partition coefficient (Wildman–Crippen LogP) is 3.36. The Morgan fingerprint density at radius 3 is 2.31 bits per heavy atom. The lowest BCUT2D eigenvalue weighted by molar-refractivity contribution is 0.105. The maximum Gasteiger partial charge on any atom is 0.0540 e. The number of aliphatic hydroxyl groups is 1. The van der Waals surface area contributed by atoms with E-state index in [0.29, 0.717) is 0 Å². The number of hydrogen-bond acceptors (Lipinski definition) is 1. The van der Waals surface area contributed by atoms with Crippen LogP contribution in [0.1, 0.15) is 58.8 Å². The standard InChI is InChI=1S/C12H24O/c1-10(2)4-3-5-11-6-8-12(13)9-7-11/h10-13H,3-9H2,1-2H3. The highest BCUT2D eigenvalue weighted by molar-refractivity contribution is 4.71. The highest BCUT2D eigenvalue weighted by Crippen LogP contribution is 2.28. The van der Waals surface area contributed by atoms with Crippen molar-refractivity contribution in [2.24, 2.45) is 11.8 Å². The van der Waals surface area contributed by atoms with Gasteiger partial charge in [-0.15, -0.1) is 0 Å². The molecule has 78 valence electrons. The number of hydrogen-bond donors (Lipinski definition) is 1. The molecular formula is C12H24O. The van der Waals surface area contributed by atoms with Gasteiger partial charge in [0.2, 0.25) is 0 Å². The van der Waals surface area contributed by atoms with E-state index >= 15 is 0 Å². The van der Waals surface area contributed by atoms with E-state index in [4.69, 9.17) is 0 Å². The zero-order valence-electron chi connectivity index (χ0n) is 9.13. The smallest absolute Gasteiger partial charge is 0.0540 e. The van der Waals surface area contributed by atoms with Gasteiger partial charge in [-0.2, -0.15) is 0 Å². The Morgan fingerprint density at radius 1 is 1.15 bits per heavy atom. The lowest BCUT2D eigenvalue weighted by atomic mass is 9.84. The highest BCUT2D eigenvalue weighted by Gasteiger charge is 2.18. The first-order chi connectivity index (χ1) is 6.18. The average Bonchev–Trinajstić information content (AvgIpc) is 2.08. The van der Waals surface area contributed by atoms with E-state index in [0.717, 1.165) is 24.7 Å². The molecule has 1 aliphatic carbocycles. The summed E-state index contributed by atoms with van der Waals surface area (Å²) in [6.07, 6.45) is 8.79. The molecule has 0 amide bonds. The molecule has 1 nitrogen and oxygen atoms in total. The molecule has 1 heteroatoms. The molecular weight excluding hydrogens is 160 g/mol. The summed E-state index contributed by atoms with van der Waals surface area (Å²) >= 11 is 0. The predicted molar refractivity (Wildman–Crippen MR) is 56.7 cm³/mol. The number of aliphatic hydroxyl groups excluding tert-OH is 1. The van der Waals surface area contributed by atoms with Crippen molar-refractivity contribution in [3.05, 3.63) is 0 Å². The van der Waals surface area contributed by atoms with Crippen LogP contribution in [0, 0.1) is 11.8 Å². The van der Waals surface area contributed by atoms with E-state index in [-0.39, 0.29) is 6.10 Å². The second-order valence-electron chi connectivity index (χ2n) is 5.00. The molecule has 0 aromatic rings. The molecule has 0 radical (unpaired) electrons. The summed E-state index contributed by atoms with van der Waals surface area (Å²) in [6.45, 7) is 4.59. The fraction of sp³-hybridized carbons (Fsp3) is 1.00. The normalized spacial score (nSPS) is 29.5. The lowest BCUT2D eigenvalue weighted by Gasteiger charge is -2.25. The molecule has 0 atom stereocenters. The molecule has 0 unspecified atom stereocenters. The second kappa shape index (κ2) is 5.64. The molecule has 0 aromatic carbocycles. The summed E-state index contributed by atoms with van der Waals surface area (Å²) in [5, 5.41) is 9.34. The van der Waals surface area contributed by atoms with Crippen LogP contribution in [0.3, 0.4) is 0 Å². The molecule has 1 fully saturated rings. The second-order valence-corrected chi connectivity index (χ2v) is 5.00. The Bertz CT molecular complexity index is 123. The first-order valence-corrected chi connectivity index (χ1v) is 5.86. The molecule has 0 saturated heterocycles. The molecule has 1 aliphatic rings. The van der Waals surface area contributed by atoms with Crippen LogP contribution in [0.2, 0.25) is 0 Å². The molecule has 0 heterocycles. The molecule has 1 rings (SSSR count). The Labute approximate surface area is 82.5 Å². The Morgan fingerprint density at radius 2 is 1.77 bits per heavy atom. The van der Waals surface area contributed by atoms with Gasteiger partial charge in [-0.1, -0.05) is 33.1 Å². The molecule has 13 heavy (non-hydrogen) atoms. The van der Waals surface area contributed by atoms with Gasteiger partial charge in [0, 0.05) is 0 Å². The summed E-state index contributed by atoms with van der Waals surface area (Å²) < 4.78 is 0. The van der Waals surface area contributed by atoms with Crippen molar-refractivity contribution < 1.29 is 5.11 Å². The zero-order chi connectivity index (χ0) is 9.68. The van der Waals surface area contributed by atoms with E-state index in [1.165, 1.54) is 32.1 Å². The monoisotopic (exact) mass is 184 g/mol. The van der Waals surface area contributed by atoms with Crippen LogP contribution in [0.4, 0.5) is 0 Å². The van der Waals surface area contributed by atoms with Gasteiger partial charge in [0.1, 0.15) is 0 Å². The van der Waals surface area contributed by atoms with E-state index in [1.807, 2.05) is 0 Å². The Kier molecular flexibility index (Phi) is 4.79. The van der Waals surface area contributed by atoms with Crippen molar-refractivity contribution >= 4 is 0 Å². The van der Waals surface area contributed by atoms with Gasteiger partial charge in [-0.25, -0.2) is 0 Å². The van der Waals surface area contributed by atoms with Gasteiger partial charge in [0.25, 0.3) is 0 Å². The van der Waals surface area contributed by atoms with Crippen LogP contribution < -0.4 is 0 Å². The highest BCUT2D eigenvalue weighted by atomic mass is 16.3. The molecule has 0 aromatic heterocycles. The van der Waals surface area contributed by atoms with Gasteiger partial charge >= 0.3 is 0 Å². The van der Waals surface area contributed by atoms with Crippen LogP contribution in [0.25, 0.3) is 0 Å². The van der Waals surface area contributed by atoms with Crippen molar-refractivity contribution in [2.75, 3.05) is 0 Å². The van der Waals surface area contributed by atoms with Crippen LogP contribution in [0.15, 0.2) is 0 Å². The SMILES string of the molecule is CC(C)CCCC1CCC(O)CC1. The minimum Gasteiger partial charge on any atom is -0.393 e. The average molecular weight is 184 g/mol. The number of rotatable bonds is 4. The third-order valence-electron chi connectivity index (χ3n) is 3.21. The Balaban J connectivity index is 2.02. The fourth-order valence-corrected chi connectivity index (χ4v) is 2.25. The summed E-state index contributed by atoms with van der Waals surface area (Å²) in [4.78, 5) is 0. The van der Waals surface area contributed by atoms with Crippen molar-refractivity contribution in [3.8, 4) is 0 Å². The topological polar surface area (TPSA) is 20.2 Å². The van der Waals surface area contributed by atoms with Crippen molar-refractivity contribution in [1.29, 1.82) is 0 Å². The third kappa shape index (κ3) is 4.66. The van der Waals surface area contributed by atoms with Crippen molar-refractivity contribution in [2.45, 2.75) is 64.9 Å². The van der Waals surface area contributed by atoms with Crippen LogP contribution in [-0.4, -0.2) is 11.2 Å². The van der Waals surface area contributed by atoms with Gasteiger partial charge in [-0.3, -0.25) is 0 Å². The Hall–Kier alpha value is -0.0400. The van der Waals surface area contributed by atoms with E-state index in [2.05, 4.69) is 13.8 Å². The fourth-order valence-electron chi connectivity index (χ4n) is 2.25. The summed E-state index contributed by atoms with van der Waals surface area (Å²) in [7, 11) is 0. The molecule has 0 aliphatic heterocycles. The molecule has 0 bridgehead atoms. The first-order valence-electron chi connectivity index (χ1n) is 5.86. The van der Waals surface area contributed by atoms with Crippen molar-refractivity contribution in [3.63, 3.8) is 0 Å². The van der Waals surface area contributed by atoms with Crippen LogP contribution in [0.5, 0.6) is 0 Å². The van der Waals surface area contributed by atoms with Crippen molar-refractivity contribution in [1.82, 2.24) is 0 Å². The molecule has 1 saturated carbocycles. The summed E-state index contributed by atoms with van der Waals surface area (Å²) in [5.74, 6) is 1.77. The minimum atomic E-state index is 0.0151. The summed E-state index contributed by atoms with van der Waals surface area (Å²) in [6, 6.07) is 0. The van der Waals surface area contributed by atoms with Crippen LogP contribution >= 0.6 is 0 Å². The van der Waals surface area contributed by atoms with Gasteiger partial charge < -0.3 is 5.11 Å². The van der Waals surface area contributed by atoms with E-state index in [9.17, 15) is 5.11 Å². The maximum absolute atomic E-state index is 9.34. The quantitative estimate of drug-likeness (QED) is 0.710. The van der Waals surface area contributed by atoms with E-state index in [1.54, 1.807) is 0 Å². The molecule has 1 N–H and O–H groups in total. The largest absolute Gasteiger partial charge is 0.393 e. The first kappa shape index (κ1) is 11.0.